The van der Waals surface area contributed by atoms with Crippen LogP contribution in [0.1, 0.15) is 0 Å². The first-order valence-electron chi connectivity index (χ1n) is 6.85. The molecular weight excluding hydrogens is 268 g/mol. The molecular formula is C20H22N2. The van der Waals surface area contributed by atoms with Crippen molar-refractivity contribution >= 4 is 5.69 Å². The Morgan fingerprint density at radius 3 is 1.64 bits per heavy atom. The summed E-state index contributed by atoms with van der Waals surface area (Å²) in [4.78, 5) is 0. The van der Waals surface area contributed by atoms with Crippen LogP contribution in [0.5, 0.6) is 0 Å². The van der Waals surface area contributed by atoms with Crippen LogP contribution in [0.15, 0.2) is 92.0 Å². The van der Waals surface area contributed by atoms with E-state index in [2.05, 4.69) is 43.5 Å². The maximum absolute atomic E-state index is 6.19. The number of anilines is 1. The summed E-state index contributed by atoms with van der Waals surface area (Å²) in [6.07, 6.45) is 0. The molecule has 0 radical (unpaired) electrons. The van der Waals surface area contributed by atoms with Gasteiger partial charge in [0.25, 0.3) is 0 Å². The second-order valence-electron chi connectivity index (χ2n) is 4.50. The zero-order valence-electron chi connectivity index (χ0n) is 12.7. The summed E-state index contributed by atoms with van der Waals surface area (Å²) in [6, 6.07) is 26.7. The van der Waals surface area contributed by atoms with Crippen LogP contribution in [0, 0.1) is 0 Å². The molecule has 5 N–H and O–H groups in total. The van der Waals surface area contributed by atoms with E-state index in [9.17, 15) is 0 Å². The third-order valence-electron chi connectivity index (χ3n) is 3.24. The molecule has 22 heavy (non-hydrogen) atoms. The molecule has 3 aromatic carbocycles. The Kier molecular flexibility index (Phi) is 6.61. The molecule has 112 valence electrons. The van der Waals surface area contributed by atoms with Gasteiger partial charge >= 0.3 is 0 Å². The average Bonchev–Trinajstić information content (AvgIpc) is 2.58. The van der Waals surface area contributed by atoms with Gasteiger partial charge in [-0.25, -0.2) is 0 Å². The van der Waals surface area contributed by atoms with Crippen LogP contribution in [0.3, 0.4) is 0 Å². The maximum Gasteiger partial charge on any atom is 0.0400 e. The fourth-order valence-electron chi connectivity index (χ4n) is 2.36. The van der Waals surface area contributed by atoms with Gasteiger partial charge in [0.05, 0.1) is 0 Å². The first-order valence-corrected chi connectivity index (χ1v) is 6.85. The van der Waals surface area contributed by atoms with E-state index >= 15 is 0 Å². The Bertz CT molecular complexity index is 691. The molecule has 0 aliphatic rings. The normalized spacial score (nSPS) is 9.09. The van der Waals surface area contributed by atoms with Crippen LogP contribution in [0.25, 0.3) is 22.3 Å². The molecule has 0 fully saturated rings. The number of hydrogen-bond acceptors (Lipinski definition) is 2. The van der Waals surface area contributed by atoms with E-state index in [-0.39, 0.29) is 6.15 Å². The van der Waals surface area contributed by atoms with Gasteiger partial charge in [-0.2, -0.15) is 0 Å². The number of benzene rings is 3. The molecule has 0 spiro atoms. The van der Waals surface area contributed by atoms with Gasteiger partial charge in [-0.3, -0.25) is 0 Å². The van der Waals surface area contributed by atoms with E-state index < -0.39 is 0 Å². The minimum atomic E-state index is 0. The molecule has 0 aromatic heterocycles. The van der Waals surface area contributed by atoms with E-state index in [0.717, 1.165) is 16.8 Å². The summed E-state index contributed by atoms with van der Waals surface area (Å²) in [5.74, 6) is 0. The highest BCUT2D eigenvalue weighted by Crippen LogP contribution is 2.36. The first-order chi connectivity index (χ1) is 10.4. The smallest absolute Gasteiger partial charge is 0.0400 e. The predicted octanol–water partition coefficient (Wildman–Crippen LogP) is 5.57. The van der Waals surface area contributed by atoms with Crippen molar-refractivity contribution in [1.82, 2.24) is 6.15 Å². The molecule has 0 aliphatic carbocycles. The lowest BCUT2D eigenvalue weighted by molar-refractivity contribution is 1.58. The number of nitrogen functional groups attached to an aromatic ring is 1. The average molecular weight is 290 g/mol. The van der Waals surface area contributed by atoms with Crippen molar-refractivity contribution in [3.63, 3.8) is 0 Å². The predicted molar refractivity (Wildman–Crippen MR) is 98.0 cm³/mol. The third kappa shape index (κ3) is 3.62. The van der Waals surface area contributed by atoms with Gasteiger partial charge in [0.1, 0.15) is 0 Å². The van der Waals surface area contributed by atoms with Crippen LogP contribution < -0.4 is 11.9 Å². The lowest BCUT2D eigenvalue weighted by Gasteiger charge is -2.13. The highest BCUT2D eigenvalue weighted by Gasteiger charge is 2.09. The van der Waals surface area contributed by atoms with E-state index in [1.807, 2.05) is 48.5 Å². The summed E-state index contributed by atoms with van der Waals surface area (Å²) in [5, 5.41) is 0. The van der Waals surface area contributed by atoms with Crippen LogP contribution >= 0.6 is 0 Å². The second kappa shape index (κ2) is 8.45. The number of nitrogens with two attached hydrogens (primary N) is 1. The van der Waals surface area contributed by atoms with Crippen molar-refractivity contribution in [2.45, 2.75) is 0 Å². The summed E-state index contributed by atoms with van der Waals surface area (Å²) in [6.45, 7) is 6.00. The SMILES string of the molecule is C=C.N.Nc1cccc(-c2ccccc2)c1-c1ccccc1. The Morgan fingerprint density at radius 2 is 1.09 bits per heavy atom. The topological polar surface area (TPSA) is 61.0 Å². The summed E-state index contributed by atoms with van der Waals surface area (Å²) in [7, 11) is 0. The van der Waals surface area contributed by atoms with E-state index in [1.165, 1.54) is 11.1 Å². The molecule has 0 saturated carbocycles. The van der Waals surface area contributed by atoms with Crippen molar-refractivity contribution < 1.29 is 0 Å². The Balaban J connectivity index is 0.000000775. The lowest BCUT2D eigenvalue weighted by Crippen LogP contribution is -1.93. The van der Waals surface area contributed by atoms with Crippen molar-refractivity contribution in [1.29, 1.82) is 0 Å². The molecule has 0 unspecified atom stereocenters. The molecule has 0 aliphatic heterocycles. The minimum Gasteiger partial charge on any atom is -0.398 e. The van der Waals surface area contributed by atoms with Crippen LogP contribution in [0.2, 0.25) is 0 Å². The first kappa shape index (κ1) is 17.2. The van der Waals surface area contributed by atoms with E-state index in [0.29, 0.717) is 0 Å². The summed E-state index contributed by atoms with van der Waals surface area (Å²) >= 11 is 0. The van der Waals surface area contributed by atoms with Crippen LogP contribution in [-0.4, -0.2) is 0 Å². The summed E-state index contributed by atoms with van der Waals surface area (Å²) < 4.78 is 0. The molecule has 0 atom stereocenters. The summed E-state index contributed by atoms with van der Waals surface area (Å²) in [5.41, 5.74) is 11.6. The van der Waals surface area contributed by atoms with Gasteiger partial charge in [-0.15, -0.1) is 13.2 Å². The highest BCUT2D eigenvalue weighted by molar-refractivity contribution is 5.90. The van der Waals surface area contributed by atoms with Gasteiger partial charge in [0, 0.05) is 11.3 Å². The van der Waals surface area contributed by atoms with Crippen LogP contribution in [0.4, 0.5) is 5.69 Å². The number of hydrogen-bond donors (Lipinski definition) is 2. The molecule has 3 aromatic rings. The zero-order valence-corrected chi connectivity index (χ0v) is 12.7. The standard InChI is InChI=1S/C18H15N.C2H4.H3N/c19-17-13-7-12-16(14-8-3-1-4-9-14)18(17)15-10-5-2-6-11-15;1-2;/h1-13H,19H2;1-2H2;1H3. The molecule has 0 heterocycles. The van der Waals surface area contributed by atoms with Gasteiger partial charge in [-0.05, 0) is 22.8 Å². The second-order valence-corrected chi connectivity index (χ2v) is 4.50. The number of rotatable bonds is 2. The lowest BCUT2D eigenvalue weighted by atomic mass is 9.93. The third-order valence-corrected chi connectivity index (χ3v) is 3.24. The molecule has 0 amide bonds. The van der Waals surface area contributed by atoms with Gasteiger partial charge in [0.2, 0.25) is 0 Å². The van der Waals surface area contributed by atoms with E-state index in [1.54, 1.807) is 0 Å². The zero-order chi connectivity index (χ0) is 15.1. The van der Waals surface area contributed by atoms with Crippen molar-refractivity contribution in [3.8, 4) is 22.3 Å². The van der Waals surface area contributed by atoms with Crippen molar-refractivity contribution in [2.24, 2.45) is 0 Å². The molecule has 0 saturated heterocycles. The quantitative estimate of drug-likeness (QED) is 0.479. The molecule has 0 bridgehead atoms. The van der Waals surface area contributed by atoms with Crippen LogP contribution in [-0.2, 0) is 0 Å². The Hall–Kier alpha value is -2.84. The Morgan fingerprint density at radius 1 is 0.591 bits per heavy atom. The highest BCUT2D eigenvalue weighted by atomic mass is 14.6. The monoisotopic (exact) mass is 290 g/mol. The largest absolute Gasteiger partial charge is 0.398 e. The minimum absolute atomic E-state index is 0. The van der Waals surface area contributed by atoms with Crippen molar-refractivity contribution in [2.75, 3.05) is 5.73 Å². The molecule has 3 rings (SSSR count). The molecule has 2 heteroatoms. The van der Waals surface area contributed by atoms with Gasteiger partial charge in [0.15, 0.2) is 0 Å². The maximum atomic E-state index is 6.19. The Labute approximate surface area is 132 Å². The molecule has 2 nitrogen and oxygen atoms in total. The van der Waals surface area contributed by atoms with Gasteiger partial charge < -0.3 is 11.9 Å². The van der Waals surface area contributed by atoms with E-state index in [4.69, 9.17) is 5.73 Å². The van der Waals surface area contributed by atoms with Gasteiger partial charge in [-0.1, -0.05) is 72.8 Å². The fraction of sp³-hybridized carbons (Fsp3) is 0. The van der Waals surface area contributed by atoms with Crippen molar-refractivity contribution in [3.05, 3.63) is 92.0 Å². The fourth-order valence-corrected chi connectivity index (χ4v) is 2.36.